The maximum atomic E-state index is 10.3. The average molecular weight is 220 g/mol. The third kappa shape index (κ3) is 2.43. The quantitative estimate of drug-likeness (QED) is 0.803. The van der Waals surface area contributed by atoms with Crippen molar-refractivity contribution < 1.29 is 5.11 Å². The second-order valence-electron chi connectivity index (χ2n) is 4.70. The van der Waals surface area contributed by atoms with E-state index < -0.39 is 0 Å². The summed E-state index contributed by atoms with van der Waals surface area (Å²) in [6.07, 6.45) is 0.723. The zero-order valence-corrected chi connectivity index (χ0v) is 9.76. The lowest BCUT2D eigenvalue weighted by Gasteiger charge is -2.19. The van der Waals surface area contributed by atoms with Crippen LogP contribution in [-0.2, 0) is 6.54 Å². The smallest absolute Gasteiger partial charge is 0.0831 e. The second-order valence-corrected chi connectivity index (χ2v) is 4.70. The Labute approximate surface area is 96.9 Å². The summed E-state index contributed by atoms with van der Waals surface area (Å²) in [7, 11) is 2.10. The van der Waals surface area contributed by atoms with Crippen molar-refractivity contribution in [2.24, 2.45) is 11.7 Å². The molecule has 3 heteroatoms. The van der Waals surface area contributed by atoms with E-state index in [1.165, 1.54) is 0 Å². The monoisotopic (exact) mass is 220 g/mol. The number of benzene rings is 1. The number of aliphatic hydroxyl groups is 1. The van der Waals surface area contributed by atoms with E-state index in [9.17, 15) is 5.11 Å². The van der Waals surface area contributed by atoms with Crippen LogP contribution in [0.25, 0.3) is 0 Å². The summed E-state index contributed by atoms with van der Waals surface area (Å²) in [5.41, 5.74) is 7.69. The molecule has 0 amide bonds. The van der Waals surface area contributed by atoms with E-state index >= 15 is 0 Å². The molecule has 1 saturated heterocycles. The second kappa shape index (κ2) is 4.95. The Morgan fingerprint density at radius 3 is 3.00 bits per heavy atom. The molecule has 3 nitrogen and oxygen atoms in total. The summed E-state index contributed by atoms with van der Waals surface area (Å²) in [5, 5.41) is 10.3. The van der Waals surface area contributed by atoms with E-state index in [2.05, 4.69) is 11.9 Å². The maximum Gasteiger partial charge on any atom is 0.0831 e. The topological polar surface area (TPSA) is 49.5 Å². The Kier molecular flexibility index (Phi) is 3.59. The van der Waals surface area contributed by atoms with Crippen molar-refractivity contribution in [1.29, 1.82) is 0 Å². The molecule has 1 aromatic rings. The molecule has 0 spiro atoms. The van der Waals surface area contributed by atoms with Crippen LogP contribution < -0.4 is 5.73 Å². The van der Waals surface area contributed by atoms with Crippen LogP contribution in [0.1, 0.15) is 23.7 Å². The largest absolute Gasteiger partial charge is 0.388 e. The number of hydrogen-bond donors (Lipinski definition) is 2. The van der Waals surface area contributed by atoms with Crippen LogP contribution in [0.4, 0.5) is 0 Å². The zero-order valence-electron chi connectivity index (χ0n) is 9.76. The van der Waals surface area contributed by atoms with Crippen LogP contribution in [0.3, 0.4) is 0 Å². The highest BCUT2D eigenvalue weighted by Crippen LogP contribution is 2.29. The molecule has 0 saturated carbocycles. The minimum Gasteiger partial charge on any atom is -0.388 e. The molecule has 0 aromatic heterocycles. The molecule has 1 aliphatic heterocycles. The van der Waals surface area contributed by atoms with E-state index in [-0.39, 0.29) is 6.10 Å². The van der Waals surface area contributed by atoms with Gasteiger partial charge >= 0.3 is 0 Å². The molecule has 88 valence electrons. The third-order valence-electron chi connectivity index (χ3n) is 3.40. The summed E-state index contributed by atoms with van der Waals surface area (Å²) < 4.78 is 0. The average Bonchev–Trinajstić information content (AvgIpc) is 2.75. The lowest BCUT2D eigenvalue weighted by molar-refractivity contribution is 0.113. The first-order chi connectivity index (χ1) is 7.70. The van der Waals surface area contributed by atoms with Gasteiger partial charge in [0.05, 0.1) is 6.10 Å². The maximum absolute atomic E-state index is 10.3. The van der Waals surface area contributed by atoms with Gasteiger partial charge < -0.3 is 15.7 Å². The number of likely N-dealkylation sites (tertiary alicyclic amines) is 1. The minimum absolute atomic E-state index is 0.351. The first-order valence-electron chi connectivity index (χ1n) is 5.86. The van der Waals surface area contributed by atoms with Crippen LogP contribution in [-0.4, -0.2) is 30.1 Å². The summed E-state index contributed by atoms with van der Waals surface area (Å²) in [6, 6.07) is 7.97. The highest BCUT2D eigenvalue weighted by Gasteiger charge is 2.27. The van der Waals surface area contributed by atoms with Gasteiger partial charge in [0, 0.05) is 19.0 Å². The fraction of sp³-hybridized carbons (Fsp3) is 0.538. The van der Waals surface area contributed by atoms with E-state index in [1.54, 1.807) is 0 Å². The molecule has 1 aromatic carbocycles. The van der Waals surface area contributed by atoms with Gasteiger partial charge in [-0.05, 0) is 31.1 Å². The van der Waals surface area contributed by atoms with Gasteiger partial charge in [0.25, 0.3) is 0 Å². The molecular weight excluding hydrogens is 200 g/mol. The molecule has 2 unspecified atom stereocenters. The SMILES string of the molecule is CN1CCC(C(O)c2cccc(CN)c2)C1. The van der Waals surface area contributed by atoms with Gasteiger partial charge in [-0.3, -0.25) is 0 Å². The van der Waals surface area contributed by atoms with Crippen LogP contribution in [0.15, 0.2) is 24.3 Å². The zero-order chi connectivity index (χ0) is 11.5. The van der Waals surface area contributed by atoms with Crippen LogP contribution in [0, 0.1) is 5.92 Å². The molecule has 0 radical (unpaired) electrons. The normalized spacial score (nSPS) is 23.6. The fourth-order valence-corrected chi connectivity index (χ4v) is 2.40. The molecule has 16 heavy (non-hydrogen) atoms. The van der Waals surface area contributed by atoms with E-state index in [0.29, 0.717) is 12.5 Å². The molecule has 3 N–H and O–H groups in total. The predicted molar refractivity (Wildman–Crippen MR) is 64.9 cm³/mol. The first kappa shape index (κ1) is 11.6. The van der Waals surface area contributed by atoms with Crippen molar-refractivity contribution in [2.45, 2.75) is 19.1 Å². The standard InChI is InChI=1S/C13H20N2O/c1-15-6-5-12(9-15)13(16)11-4-2-3-10(7-11)8-14/h2-4,7,12-13,16H,5-6,8-9,14H2,1H3. The Morgan fingerprint density at radius 1 is 1.56 bits per heavy atom. The Balaban J connectivity index is 2.10. The predicted octanol–water partition coefficient (Wildman–Crippen LogP) is 1.13. The molecule has 0 aliphatic carbocycles. The number of aliphatic hydroxyl groups excluding tert-OH is 1. The van der Waals surface area contributed by atoms with Crippen molar-refractivity contribution in [3.05, 3.63) is 35.4 Å². The number of rotatable bonds is 3. The van der Waals surface area contributed by atoms with Gasteiger partial charge in [-0.2, -0.15) is 0 Å². The number of hydrogen-bond acceptors (Lipinski definition) is 3. The van der Waals surface area contributed by atoms with Gasteiger partial charge in [-0.15, -0.1) is 0 Å². The van der Waals surface area contributed by atoms with Gasteiger partial charge in [0.2, 0.25) is 0 Å². The van der Waals surface area contributed by atoms with Gasteiger partial charge in [-0.1, -0.05) is 24.3 Å². The summed E-state index contributed by atoms with van der Waals surface area (Å²) >= 11 is 0. The Morgan fingerprint density at radius 2 is 2.38 bits per heavy atom. The molecule has 2 rings (SSSR count). The molecule has 1 fully saturated rings. The van der Waals surface area contributed by atoms with E-state index in [1.807, 2.05) is 24.3 Å². The number of nitrogens with two attached hydrogens (primary N) is 1. The first-order valence-corrected chi connectivity index (χ1v) is 5.86. The van der Waals surface area contributed by atoms with Gasteiger partial charge in [0.1, 0.15) is 0 Å². The highest BCUT2D eigenvalue weighted by molar-refractivity contribution is 5.25. The fourth-order valence-electron chi connectivity index (χ4n) is 2.40. The summed E-state index contributed by atoms with van der Waals surface area (Å²) in [5.74, 6) is 0.359. The molecule has 1 aliphatic rings. The van der Waals surface area contributed by atoms with Gasteiger partial charge in [-0.25, -0.2) is 0 Å². The van der Waals surface area contributed by atoms with E-state index in [4.69, 9.17) is 5.73 Å². The lowest BCUT2D eigenvalue weighted by Crippen LogP contribution is -2.18. The van der Waals surface area contributed by atoms with Crippen molar-refractivity contribution in [2.75, 3.05) is 20.1 Å². The summed E-state index contributed by atoms with van der Waals surface area (Å²) in [6.45, 7) is 2.59. The van der Waals surface area contributed by atoms with Crippen molar-refractivity contribution in [1.82, 2.24) is 4.90 Å². The lowest BCUT2D eigenvalue weighted by atomic mass is 9.94. The Bertz CT molecular complexity index is 354. The van der Waals surface area contributed by atoms with Crippen molar-refractivity contribution in [3.8, 4) is 0 Å². The molecule has 2 atom stereocenters. The van der Waals surface area contributed by atoms with Crippen LogP contribution in [0.2, 0.25) is 0 Å². The van der Waals surface area contributed by atoms with E-state index in [0.717, 1.165) is 30.6 Å². The molecule has 1 heterocycles. The third-order valence-corrected chi connectivity index (χ3v) is 3.40. The molecular formula is C13H20N2O. The van der Waals surface area contributed by atoms with Gasteiger partial charge in [0.15, 0.2) is 0 Å². The van der Waals surface area contributed by atoms with Crippen molar-refractivity contribution >= 4 is 0 Å². The highest BCUT2D eigenvalue weighted by atomic mass is 16.3. The van der Waals surface area contributed by atoms with Crippen LogP contribution in [0.5, 0.6) is 0 Å². The Hall–Kier alpha value is -0.900. The number of nitrogens with zero attached hydrogens (tertiary/aromatic N) is 1. The van der Waals surface area contributed by atoms with Crippen LogP contribution >= 0.6 is 0 Å². The van der Waals surface area contributed by atoms with Crippen molar-refractivity contribution in [3.63, 3.8) is 0 Å². The molecule has 0 bridgehead atoms. The minimum atomic E-state index is -0.351. The summed E-state index contributed by atoms with van der Waals surface area (Å²) in [4.78, 5) is 2.26.